The van der Waals surface area contributed by atoms with E-state index in [4.69, 9.17) is 5.73 Å². The normalized spacial score (nSPS) is 34.6. The van der Waals surface area contributed by atoms with Gasteiger partial charge in [0.05, 0.1) is 5.92 Å². The van der Waals surface area contributed by atoms with E-state index in [1.165, 1.54) is 64.5 Å². The van der Waals surface area contributed by atoms with Crippen LogP contribution in [-0.2, 0) is 4.79 Å². The molecule has 166 valence electrons. The Balaban J connectivity index is 0.00000131. The smallest absolute Gasteiger partial charge is 0.225 e. The number of piperidine rings is 2. The number of nitrogens with zero attached hydrogens (tertiary/aromatic N) is 2. The lowest BCUT2D eigenvalue weighted by Gasteiger charge is -2.50. The van der Waals surface area contributed by atoms with E-state index in [1.807, 2.05) is 0 Å². The standard InChI is InChI=1S/C20H36N4O.3ClH/c1-23-11-7-20(8-12-23,24-9-3-2-4-10-24)14-22-19(25)17-15-5-6-16(13-15)18(17)21;;;/h15-18H,2-14,21H2,1H3,(H,22,25);3*1H. The van der Waals surface area contributed by atoms with Crippen LogP contribution in [0.1, 0.15) is 51.4 Å². The van der Waals surface area contributed by atoms with Crippen molar-refractivity contribution in [2.75, 3.05) is 39.8 Å². The molecule has 4 fully saturated rings. The van der Waals surface area contributed by atoms with E-state index in [-0.39, 0.29) is 60.6 Å². The van der Waals surface area contributed by atoms with Crippen molar-refractivity contribution in [3.05, 3.63) is 0 Å². The predicted octanol–water partition coefficient (Wildman–Crippen LogP) is 2.69. The van der Waals surface area contributed by atoms with Crippen molar-refractivity contribution < 1.29 is 4.79 Å². The van der Waals surface area contributed by atoms with E-state index < -0.39 is 0 Å². The van der Waals surface area contributed by atoms with Crippen LogP contribution in [0, 0.1) is 17.8 Å². The number of fused-ring (bicyclic) bond motifs is 2. The molecule has 1 amide bonds. The summed E-state index contributed by atoms with van der Waals surface area (Å²) in [4.78, 5) is 18.1. The van der Waals surface area contributed by atoms with Crippen molar-refractivity contribution in [2.24, 2.45) is 23.5 Å². The van der Waals surface area contributed by atoms with E-state index in [0.717, 1.165) is 19.6 Å². The fourth-order valence-corrected chi connectivity index (χ4v) is 6.10. The average Bonchev–Trinajstić information content (AvgIpc) is 3.23. The van der Waals surface area contributed by atoms with Gasteiger partial charge in [0.25, 0.3) is 0 Å². The molecule has 4 unspecified atom stereocenters. The van der Waals surface area contributed by atoms with Crippen molar-refractivity contribution in [2.45, 2.75) is 62.9 Å². The lowest BCUT2D eigenvalue weighted by Crippen LogP contribution is -2.62. The third-order valence-electron chi connectivity index (χ3n) is 7.82. The maximum Gasteiger partial charge on any atom is 0.225 e. The van der Waals surface area contributed by atoms with Crippen molar-refractivity contribution in [3.63, 3.8) is 0 Å². The van der Waals surface area contributed by atoms with Gasteiger partial charge in [0.1, 0.15) is 0 Å². The van der Waals surface area contributed by atoms with Crippen LogP contribution < -0.4 is 11.1 Å². The third-order valence-corrected chi connectivity index (χ3v) is 7.82. The van der Waals surface area contributed by atoms with Gasteiger partial charge < -0.3 is 16.0 Å². The van der Waals surface area contributed by atoms with Gasteiger partial charge in [-0.3, -0.25) is 9.69 Å². The average molecular weight is 458 g/mol. The Morgan fingerprint density at radius 3 is 2.18 bits per heavy atom. The van der Waals surface area contributed by atoms with Crippen LogP contribution in [0.3, 0.4) is 0 Å². The summed E-state index contributed by atoms with van der Waals surface area (Å²) >= 11 is 0. The second-order valence-corrected chi connectivity index (χ2v) is 9.23. The number of hydrogen-bond donors (Lipinski definition) is 2. The van der Waals surface area contributed by atoms with Crippen LogP contribution in [0.2, 0.25) is 0 Å². The quantitative estimate of drug-likeness (QED) is 0.681. The van der Waals surface area contributed by atoms with E-state index >= 15 is 0 Å². The molecular formula is C20H39Cl3N4O. The predicted molar refractivity (Wildman–Crippen MR) is 122 cm³/mol. The summed E-state index contributed by atoms with van der Waals surface area (Å²) in [6.07, 6.45) is 9.95. The Morgan fingerprint density at radius 1 is 1.00 bits per heavy atom. The number of likely N-dealkylation sites (tertiary alicyclic amines) is 2. The molecule has 0 aromatic heterocycles. The molecule has 0 spiro atoms. The van der Waals surface area contributed by atoms with Crippen molar-refractivity contribution >= 4 is 43.1 Å². The molecular weight excluding hydrogens is 419 g/mol. The largest absolute Gasteiger partial charge is 0.354 e. The van der Waals surface area contributed by atoms with E-state index in [2.05, 4.69) is 22.2 Å². The van der Waals surface area contributed by atoms with Gasteiger partial charge in [0, 0.05) is 18.1 Å². The summed E-state index contributed by atoms with van der Waals surface area (Å²) in [6.45, 7) is 5.50. The second-order valence-electron chi connectivity index (χ2n) is 9.23. The number of rotatable bonds is 4. The minimum Gasteiger partial charge on any atom is -0.354 e. The van der Waals surface area contributed by atoms with Gasteiger partial charge in [-0.2, -0.15) is 0 Å². The fraction of sp³-hybridized carbons (Fsp3) is 0.950. The summed E-state index contributed by atoms with van der Waals surface area (Å²) in [6, 6.07) is 0.0992. The Bertz CT molecular complexity index is 494. The molecule has 4 aliphatic rings. The van der Waals surface area contributed by atoms with Crippen LogP contribution in [0.4, 0.5) is 0 Å². The summed E-state index contributed by atoms with van der Waals surface area (Å²) in [7, 11) is 2.22. The number of nitrogens with one attached hydrogen (secondary N) is 1. The Kier molecular flexibility index (Phi) is 10.3. The number of carbonyl (C=O) groups is 1. The molecule has 4 rings (SSSR count). The van der Waals surface area contributed by atoms with Crippen LogP contribution in [0.15, 0.2) is 0 Å². The Labute approximate surface area is 189 Å². The van der Waals surface area contributed by atoms with Crippen molar-refractivity contribution in [1.82, 2.24) is 15.1 Å². The molecule has 28 heavy (non-hydrogen) atoms. The van der Waals surface area contributed by atoms with Crippen molar-refractivity contribution in [3.8, 4) is 0 Å². The molecule has 0 aromatic carbocycles. The van der Waals surface area contributed by atoms with Gasteiger partial charge in [-0.1, -0.05) is 6.42 Å². The minimum atomic E-state index is 0. The molecule has 3 N–H and O–H groups in total. The number of nitrogens with two attached hydrogens (primary N) is 1. The zero-order chi connectivity index (χ0) is 17.4. The molecule has 2 heterocycles. The minimum absolute atomic E-state index is 0. The monoisotopic (exact) mass is 456 g/mol. The SMILES string of the molecule is CN1CCC(CNC(=O)C2C3CCC(C3)C2N)(N2CCCCC2)CC1.Cl.Cl.Cl. The summed E-state index contributed by atoms with van der Waals surface area (Å²) < 4.78 is 0. The first-order valence-electron chi connectivity index (χ1n) is 10.6. The Morgan fingerprint density at radius 2 is 1.61 bits per heavy atom. The first-order chi connectivity index (χ1) is 12.1. The van der Waals surface area contributed by atoms with Gasteiger partial charge in [-0.05, 0) is 90.0 Å². The number of carbonyl (C=O) groups excluding carboxylic acids is 1. The summed E-state index contributed by atoms with van der Waals surface area (Å²) in [5.41, 5.74) is 6.56. The molecule has 0 radical (unpaired) electrons. The molecule has 4 atom stereocenters. The zero-order valence-corrected chi connectivity index (χ0v) is 19.6. The topological polar surface area (TPSA) is 61.6 Å². The van der Waals surface area contributed by atoms with E-state index in [0.29, 0.717) is 11.8 Å². The maximum atomic E-state index is 13.0. The molecule has 8 heteroatoms. The van der Waals surface area contributed by atoms with Crippen LogP contribution >= 0.6 is 37.2 Å². The summed E-state index contributed by atoms with van der Waals surface area (Å²) in [5.74, 6) is 1.46. The van der Waals surface area contributed by atoms with Gasteiger partial charge >= 0.3 is 0 Å². The van der Waals surface area contributed by atoms with Crippen LogP contribution in [0.5, 0.6) is 0 Å². The third kappa shape index (κ3) is 5.09. The number of hydrogen-bond acceptors (Lipinski definition) is 4. The molecule has 2 saturated heterocycles. The number of amides is 1. The highest BCUT2D eigenvalue weighted by molar-refractivity contribution is 5.86. The highest BCUT2D eigenvalue weighted by Gasteiger charge is 2.49. The molecule has 0 aromatic rings. The van der Waals surface area contributed by atoms with Gasteiger partial charge in [0.2, 0.25) is 5.91 Å². The van der Waals surface area contributed by atoms with Gasteiger partial charge in [-0.15, -0.1) is 37.2 Å². The highest BCUT2D eigenvalue weighted by atomic mass is 35.5. The van der Waals surface area contributed by atoms with E-state index in [1.54, 1.807) is 0 Å². The molecule has 2 bridgehead atoms. The maximum absolute atomic E-state index is 13.0. The lowest BCUT2D eigenvalue weighted by molar-refractivity contribution is -0.128. The van der Waals surface area contributed by atoms with Crippen LogP contribution in [0.25, 0.3) is 0 Å². The molecule has 2 aliphatic heterocycles. The highest BCUT2D eigenvalue weighted by Crippen LogP contribution is 2.47. The number of halogens is 3. The van der Waals surface area contributed by atoms with Gasteiger partial charge in [-0.25, -0.2) is 0 Å². The van der Waals surface area contributed by atoms with E-state index in [9.17, 15) is 4.79 Å². The second kappa shape index (κ2) is 11.0. The lowest BCUT2D eigenvalue weighted by atomic mass is 9.82. The summed E-state index contributed by atoms with van der Waals surface area (Å²) in [5, 5.41) is 3.38. The molecule has 2 saturated carbocycles. The first-order valence-corrected chi connectivity index (χ1v) is 10.6. The fourth-order valence-electron chi connectivity index (χ4n) is 6.10. The van der Waals surface area contributed by atoms with Gasteiger partial charge in [0.15, 0.2) is 0 Å². The molecule has 2 aliphatic carbocycles. The zero-order valence-electron chi connectivity index (χ0n) is 17.1. The van der Waals surface area contributed by atoms with Crippen molar-refractivity contribution in [1.29, 1.82) is 0 Å². The Hall–Kier alpha value is 0.220. The van der Waals surface area contributed by atoms with Crippen LogP contribution in [-0.4, -0.2) is 67.1 Å². The molecule has 5 nitrogen and oxygen atoms in total. The first kappa shape index (κ1) is 26.3.